The molecule has 0 atom stereocenters. The molecular formula is C13H15Cl2N5. The van der Waals surface area contributed by atoms with Crippen LogP contribution in [0, 0.1) is 0 Å². The summed E-state index contributed by atoms with van der Waals surface area (Å²) in [6, 6.07) is 5.22. The maximum atomic E-state index is 5.96. The minimum absolute atomic E-state index is 0.407. The molecule has 1 heterocycles. The summed E-state index contributed by atoms with van der Waals surface area (Å²) in [5, 5.41) is 15.0. The lowest BCUT2D eigenvalue weighted by molar-refractivity contribution is 0.827. The highest BCUT2D eigenvalue weighted by atomic mass is 35.5. The van der Waals surface area contributed by atoms with Gasteiger partial charge in [0.25, 0.3) is 0 Å². The average Bonchev–Trinajstić information content (AvgIpc) is 2.44. The number of anilines is 3. The number of unbranched alkanes of at least 4 members (excludes halogenated alkanes) is 1. The Balaban J connectivity index is 2.05. The largest absolute Gasteiger partial charge is 0.369 e. The van der Waals surface area contributed by atoms with Gasteiger partial charge >= 0.3 is 0 Å². The standard InChI is InChI=1S/C13H15Cl2N5/c1-2-3-6-16-12-8-17-20-13(19-12)18-9-4-5-10(14)11(15)7-9/h4-5,7-8H,2-3,6H2,1H3,(H2,16,18,19,20). The fraction of sp³-hybridized carbons (Fsp3) is 0.308. The first-order valence-corrected chi connectivity index (χ1v) is 7.10. The van der Waals surface area contributed by atoms with Crippen molar-refractivity contribution in [3.63, 3.8) is 0 Å². The normalized spacial score (nSPS) is 10.3. The van der Waals surface area contributed by atoms with Crippen molar-refractivity contribution >= 4 is 40.7 Å². The Morgan fingerprint density at radius 1 is 1.20 bits per heavy atom. The Kier molecular flexibility index (Phi) is 5.38. The van der Waals surface area contributed by atoms with Gasteiger partial charge in [-0.2, -0.15) is 10.1 Å². The van der Waals surface area contributed by atoms with Crippen LogP contribution in [-0.4, -0.2) is 21.7 Å². The van der Waals surface area contributed by atoms with E-state index < -0.39 is 0 Å². The van der Waals surface area contributed by atoms with Crippen molar-refractivity contribution in [2.24, 2.45) is 0 Å². The number of hydrogen-bond acceptors (Lipinski definition) is 5. The van der Waals surface area contributed by atoms with Crippen molar-refractivity contribution in [2.75, 3.05) is 17.2 Å². The lowest BCUT2D eigenvalue weighted by Gasteiger charge is -2.07. The third-order valence-corrected chi connectivity index (χ3v) is 3.31. The summed E-state index contributed by atoms with van der Waals surface area (Å²) in [6.45, 7) is 3.00. The van der Waals surface area contributed by atoms with Gasteiger partial charge in [0.05, 0.1) is 16.2 Å². The molecule has 1 aromatic heterocycles. The van der Waals surface area contributed by atoms with Gasteiger partial charge in [-0.3, -0.25) is 0 Å². The Morgan fingerprint density at radius 3 is 2.80 bits per heavy atom. The molecule has 2 aromatic rings. The molecule has 5 nitrogen and oxygen atoms in total. The molecule has 0 saturated carbocycles. The monoisotopic (exact) mass is 311 g/mol. The molecule has 0 saturated heterocycles. The van der Waals surface area contributed by atoms with E-state index in [9.17, 15) is 0 Å². The summed E-state index contributed by atoms with van der Waals surface area (Å²) in [7, 11) is 0. The fourth-order valence-corrected chi connectivity index (χ4v) is 1.84. The Labute approximate surface area is 127 Å². The highest BCUT2D eigenvalue weighted by Crippen LogP contribution is 2.26. The van der Waals surface area contributed by atoms with Crippen molar-refractivity contribution in [3.05, 3.63) is 34.4 Å². The maximum absolute atomic E-state index is 5.96. The van der Waals surface area contributed by atoms with Crippen LogP contribution in [0.25, 0.3) is 0 Å². The van der Waals surface area contributed by atoms with E-state index >= 15 is 0 Å². The minimum Gasteiger partial charge on any atom is -0.369 e. The van der Waals surface area contributed by atoms with E-state index in [1.807, 2.05) is 0 Å². The molecule has 0 aliphatic carbocycles. The molecule has 0 fully saturated rings. The van der Waals surface area contributed by atoms with Crippen molar-refractivity contribution in [2.45, 2.75) is 19.8 Å². The summed E-state index contributed by atoms with van der Waals surface area (Å²) < 4.78 is 0. The van der Waals surface area contributed by atoms with Crippen molar-refractivity contribution in [1.82, 2.24) is 15.2 Å². The third-order valence-electron chi connectivity index (χ3n) is 2.57. The molecule has 2 rings (SSSR count). The van der Waals surface area contributed by atoms with Gasteiger partial charge < -0.3 is 10.6 Å². The fourth-order valence-electron chi connectivity index (χ4n) is 1.54. The smallest absolute Gasteiger partial charge is 0.249 e. The number of nitrogens with zero attached hydrogens (tertiary/aromatic N) is 3. The van der Waals surface area contributed by atoms with Gasteiger partial charge in [-0.05, 0) is 24.6 Å². The molecule has 0 amide bonds. The molecule has 0 bridgehead atoms. The lowest BCUT2D eigenvalue weighted by atomic mass is 10.3. The molecular weight excluding hydrogens is 297 g/mol. The Hall–Kier alpha value is -1.59. The number of nitrogens with one attached hydrogen (secondary N) is 2. The predicted molar refractivity (Wildman–Crippen MR) is 83.0 cm³/mol. The van der Waals surface area contributed by atoms with Crippen LogP contribution in [0.4, 0.5) is 17.5 Å². The molecule has 2 N–H and O–H groups in total. The number of hydrogen-bond donors (Lipinski definition) is 2. The van der Waals surface area contributed by atoms with E-state index in [1.54, 1.807) is 24.4 Å². The second kappa shape index (κ2) is 7.26. The zero-order valence-corrected chi connectivity index (χ0v) is 12.5. The predicted octanol–water partition coefficient (Wildman–Crippen LogP) is 4.13. The molecule has 0 unspecified atom stereocenters. The van der Waals surface area contributed by atoms with E-state index in [-0.39, 0.29) is 0 Å². The zero-order valence-electron chi connectivity index (χ0n) is 11.0. The molecule has 0 aliphatic heterocycles. The molecule has 106 valence electrons. The molecule has 20 heavy (non-hydrogen) atoms. The van der Waals surface area contributed by atoms with Crippen LogP contribution in [-0.2, 0) is 0 Å². The molecule has 0 aliphatic rings. The van der Waals surface area contributed by atoms with E-state index in [0.717, 1.165) is 25.1 Å². The van der Waals surface area contributed by atoms with Gasteiger partial charge in [-0.25, -0.2) is 0 Å². The summed E-state index contributed by atoms with van der Waals surface area (Å²) in [5.74, 6) is 1.10. The topological polar surface area (TPSA) is 62.7 Å². The van der Waals surface area contributed by atoms with Crippen LogP contribution in [0.3, 0.4) is 0 Å². The Morgan fingerprint density at radius 2 is 2.05 bits per heavy atom. The van der Waals surface area contributed by atoms with Gasteiger partial charge in [0.1, 0.15) is 0 Å². The van der Waals surface area contributed by atoms with Crippen molar-refractivity contribution in [1.29, 1.82) is 0 Å². The molecule has 0 spiro atoms. The van der Waals surface area contributed by atoms with Gasteiger partial charge in [-0.1, -0.05) is 36.5 Å². The maximum Gasteiger partial charge on any atom is 0.249 e. The zero-order chi connectivity index (χ0) is 14.4. The third kappa shape index (κ3) is 4.21. The van der Waals surface area contributed by atoms with Crippen LogP contribution < -0.4 is 10.6 Å². The Bertz CT molecular complexity index is 576. The van der Waals surface area contributed by atoms with Gasteiger partial charge in [0.15, 0.2) is 5.82 Å². The van der Waals surface area contributed by atoms with Crippen LogP contribution in [0.15, 0.2) is 24.4 Å². The van der Waals surface area contributed by atoms with Gasteiger partial charge in [0, 0.05) is 12.2 Å². The molecule has 7 heteroatoms. The van der Waals surface area contributed by atoms with Crippen LogP contribution in [0.1, 0.15) is 19.8 Å². The second-order valence-electron chi connectivity index (χ2n) is 4.20. The van der Waals surface area contributed by atoms with Crippen molar-refractivity contribution in [3.8, 4) is 0 Å². The van der Waals surface area contributed by atoms with E-state index in [1.165, 1.54) is 0 Å². The summed E-state index contributed by atoms with van der Waals surface area (Å²) in [4.78, 5) is 4.32. The summed E-state index contributed by atoms with van der Waals surface area (Å²) in [6.07, 6.45) is 3.80. The average molecular weight is 312 g/mol. The SMILES string of the molecule is CCCCNc1cnnc(Nc2ccc(Cl)c(Cl)c2)n1. The number of rotatable bonds is 6. The van der Waals surface area contributed by atoms with Gasteiger partial charge in [-0.15, -0.1) is 5.10 Å². The minimum atomic E-state index is 0.407. The highest BCUT2D eigenvalue weighted by Gasteiger charge is 2.03. The van der Waals surface area contributed by atoms with E-state index in [2.05, 4.69) is 32.7 Å². The molecule has 0 radical (unpaired) electrons. The van der Waals surface area contributed by atoms with E-state index in [0.29, 0.717) is 21.8 Å². The quantitative estimate of drug-likeness (QED) is 0.785. The lowest BCUT2D eigenvalue weighted by Crippen LogP contribution is -2.06. The summed E-state index contributed by atoms with van der Waals surface area (Å²) >= 11 is 11.8. The number of halogens is 2. The van der Waals surface area contributed by atoms with Crippen LogP contribution in [0.5, 0.6) is 0 Å². The first-order valence-electron chi connectivity index (χ1n) is 6.34. The van der Waals surface area contributed by atoms with Crippen LogP contribution >= 0.6 is 23.2 Å². The molecule has 1 aromatic carbocycles. The first kappa shape index (κ1) is 14.8. The second-order valence-corrected chi connectivity index (χ2v) is 5.01. The van der Waals surface area contributed by atoms with Gasteiger partial charge in [0.2, 0.25) is 5.95 Å². The number of benzene rings is 1. The first-order chi connectivity index (χ1) is 9.69. The number of aromatic nitrogens is 3. The van der Waals surface area contributed by atoms with Crippen molar-refractivity contribution < 1.29 is 0 Å². The highest BCUT2D eigenvalue weighted by molar-refractivity contribution is 6.42. The van der Waals surface area contributed by atoms with Crippen LogP contribution in [0.2, 0.25) is 10.0 Å². The summed E-state index contributed by atoms with van der Waals surface area (Å²) in [5.41, 5.74) is 0.756. The van der Waals surface area contributed by atoms with E-state index in [4.69, 9.17) is 23.2 Å².